The van der Waals surface area contributed by atoms with Crippen LogP contribution in [-0.4, -0.2) is 25.5 Å². The normalized spacial score (nSPS) is 10.9. The molecule has 6 nitrogen and oxygen atoms in total. The van der Waals surface area contributed by atoms with E-state index in [1.54, 1.807) is 35.3 Å². The van der Waals surface area contributed by atoms with Gasteiger partial charge in [0.2, 0.25) is 5.91 Å². The van der Waals surface area contributed by atoms with Crippen molar-refractivity contribution < 1.29 is 9.18 Å². The lowest BCUT2D eigenvalue weighted by atomic mass is 10.2. The van der Waals surface area contributed by atoms with E-state index in [2.05, 4.69) is 31.4 Å². The zero-order valence-electron chi connectivity index (χ0n) is 13.8. The van der Waals surface area contributed by atoms with E-state index in [0.29, 0.717) is 23.5 Å². The van der Waals surface area contributed by atoms with Crippen LogP contribution in [0.4, 0.5) is 10.1 Å². The number of amides is 1. The van der Waals surface area contributed by atoms with Gasteiger partial charge in [-0.1, -0.05) is 18.2 Å². The van der Waals surface area contributed by atoms with E-state index in [1.807, 2.05) is 13.8 Å². The number of aryl methyl sites for hydroxylation is 1. The Hall–Kier alpha value is -2.48. The second kappa shape index (κ2) is 7.18. The molecule has 0 aliphatic rings. The molecule has 1 N–H and O–H groups in total. The number of rotatable bonds is 5. The maximum atomic E-state index is 13.8. The molecule has 1 aromatic carbocycles. The summed E-state index contributed by atoms with van der Waals surface area (Å²) in [5, 5.41) is 11.3. The fourth-order valence-corrected chi connectivity index (χ4v) is 2.90. The summed E-state index contributed by atoms with van der Waals surface area (Å²) >= 11 is 3.29. The third-order valence-corrected chi connectivity index (χ3v) is 4.24. The van der Waals surface area contributed by atoms with Gasteiger partial charge in [0, 0.05) is 11.8 Å². The third-order valence-electron chi connectivity index (χ3n) is 3.83. The highest BCUT2D eigenvalue weighted by atomic mass is 79.9. The summed E-state index contributed by atoms with van der Waals surface area (Å²) in [7, 11) is 0. The largest absolute Gasteiger partial charge is 0.321 e. The SMILES string of the molecule is Cc1nn(Cc2ccccc2F)c(C)c1NC(=O)Cn1cc(Br)cn1. The predicted octanol–water partition coefficient (Wildman–Crippen LogP) is 3.29. The minimum absolute atomic E-state index is 0.100. The fourth-order valence-electron chi connectivity index (χ4n) is 2.57. The molecule has 3 aromatic rings. The molecule has 8 heteroatoms. The fraction of sp³-hybridized carbons (Fsp3) is 0.235. The molecule has 0 saturated heterocycles. The number of hydrogen-bond acceptors (Lipinski definition) is 3. The molecular formula is C17H17BrFN5O. The molecule has 2 heterocycles. The van der Waals surface area contributed by atoms with Crippen LogP contribution in [0.1, 0.15) is 17.0 Å². The molecule has 0 aliphatic carbocycles. The maximum Gasteiger partial charge on any atom is 0.246 e. The topological polar surface area (TPSA) is 64.7 Å². The summed E-state index contributed by atoms with van der Waals surface area (Å²) in [5.41, 5.74) is 2.65. The molecule has 0 bridgehead atoms. The van der Waals surface area contributed by atoms with Crippen molar-refractivity contribution >= 4 is 27.5 Å². The lowest BCUT2D eigenvalue weighted by Gasteiger charge is -2.08. The quantitative estimate of drug-likeness (QED) is 0.708. The van der Waals surface area contributed by atoms with Gasteiger partial charge in [-0.05, 0) is 35.8 Å². The Labute approximate surface area is 152 Å². The first-order chi connectivity index (χ1) is 11.9. The van der Waals surface area contributed by atoms with E-state index in [4.69, 9.17) is 0 Å². The number of nitrogens with zero attached hydrogens (tertiary/aromatic N) is 4. The van der Waals surface area contributed by atoms with Gasteiger partial charge in [-0.3, -0.25) is 14.2 Å². The average molecular weight is 406 g/mol. The van der Waals surface area contributed by atoms with Gasteiger partial charge in [-0.25, -0.2) is 4.39 Å². The van der Waals surface area contributed by atoms with E-state index in [9.17, 15) is 9.18 Å². The monoisotopic (exact) mass is 405 g/mol. The minimum atomic E-state index is -0.273. The number of hydrogen-bond donors (Lipinski definition) is 1. The number of carbonyl (C=O) groups is 1. The van der Waals surface area contributed by atoms with Crippen molar-refractivity contribution in [3.63, 3.8) is 0 Å². The van der Waals surface area contributed by atoms with E-state index in [1.165, 1.54) is 10.7 Å². The first-order valence-electron chi connectivity index (χ1n) is 7.69. The molecule has 0 aliphatic heterocycles. The zero-order valence-corrected chi connectivity index (χ0v) is 15.4. The molecule has 2 aromatic heterocycles. The maximum absolute atomic E-state index is 13.8. The standard InChI is InChI=1S/C17H17BrFN5O/c1-11-17(21-16(25)10-23-9-14(18)7-20-23)12(2)24(22-11)8-13-5-3-4-6-15(13)19/h3-7,9H,8,10H2,1-2H3,(H,21,25). The van der Waals surface area contributed by atoms with Gasteiger partial charge in [0.1, 0.15) is 12.4 Å². The van der Waals surface area contributed by atoms with E-state index in [-0.39, 0.29) is 18.3 Å². The molecule has 0 fully saturated rings. The van der Waals surface area contributed by atoms with Crippen LogP contribution in [0.2, 0.25) is 0 Å². The zero-order chi connectivity index (χ0) is 18.0. The summed E-state index contributed by atoms with van der Waals surface area (Å²) in [5.74, 6) is -0.475. The van der Waals surface area contributed by atoms with E-state index in [0.717, 1.165) is 10.2 Å². The Morgan fingerprint density at radius 1 is 1.32 bits per heavy atom. The highest BCUT2D eigenvalue weighted by Gasteiger charge is 2.15. The van der Waals surface area contributed by atoms with Crippen LogP contribution < -0.4 is 5.32 Å². The van der Waals surface area contributed by atoms with Crippen LogP contribution in [0.25, 0.3) is 0 Å². The van der Waals surface area contributed by atoms with Crippen LogP contribution in [0, 0.1) is 19.7 Å². The molecule has 0 atom stereocenters. The third kappa shape index (κ3) is 3.96. The highest BCUT2D eigenvalue weighted by molar-refractivity contribution is 9.10. The second-order valence-electron chi connectivity index (χ2n) is 5.70. The number of anilines is 1. The number of halogens is 2. The van der Waals surface area contributed by atoms with Gasteiger partial charge in [0.25, 0.3) is 0 Å². The predicted molar refractivity (Wildman–Crippen MR) is 95.8 cm³/mol. The van der Waals surface area contributed by atoms with Gasteiger partial charge in [0.05, 0.1) is 34.3 Å². The summed E-state index contributed by atoms with van der Waals surface area (Å²) in [4.78, 5) is 12.2. The van der Waals surface area contributed by atoms with E-state index < -0.39 is 0 Å². The number of nitrogens with one attached hydrogen (secondary N) is 1. The lowest BCUT2D eigenvalue weighted by Crippen LogP contribution is -2.19. The molecule has 0 spiro atoms. The molecular weight excluding hydrogens is 389 g/mol. The summed E-state index contributed by atoms with van der Waals surface area (Å²) < 4.78 is 17.9. The second-order valence-corrected chi connectivity index (χ2v) is 6.61. The van der Waals surface area contributed by atoms with Crippen LogP contribution in [0.3, 0.4) is 0 Å². The molecule has 0 saturated carbocycles. The smallest absolute Gasteiger partial charge is 0.246 e. The van der Waals surface area contributed by atoms with Crippen LogP contribution >= 0.6 is 15.9 Å². The van der Waals surface area contributed by atoms with Gasteiger partial charge < -0.3 is 5.32 Å². The Balaban J connectivity index is 1.75. The molecule has 0 unspecified atom stereocenters. The van der Waals surface area contributed by atoms with Gasteiger partial charge in [0.15, 0.2) is 0 Å². The van der Waals surface area contributed by atoms with Gasteiger partial charge in [-0.2, -0.15) is 10.2 Å². The summed E-state index contributed by atoms with van der Waals surface area (Å²) in [6, 6.07) is 6.58. The van der Waals surface area contributed by atoms with Crippen LogP contribution in [-0.2, 0) is 17.9 Å². The van der Waals surface area contributed by atoms with Crippen molar-refractivity contribution in [1.29, 1.82) is 0 Å². The van der Waals surface area contributed by atoms with Crippen LogP contribution in [0.5, 0.6) is 0 Å². The van der Waals surface area contributed by atoms with Crippen molar-refractivity contribution in [3.8, 4) is 0 Å². The van der Waals surface area contributed by atoms with Gasteiger partial charge in [-0.15, -0.1) is 0 Å². The average Bonchev–Trinajstić information content (AvgIpc) is 3.08. The number of benzene rings is 1. The molecule has 3 rings (SSSR count). The van der Waals surface area contributed by atoms with Crippen molar-refractivity contribution in [1.82, 2.24) is 19.6 Å². The molecule has 1 amide bonds. The molecule has 0 radical (unpaired) electrons. The molecule has 130 valence electrons. The highest BCUT2D eigenvalue weighted by Crippen LogP contribution is 2.21. The van der Waals surface area contributed by atoms with Gasteiger partial charge >= 0.3 is 0 Å². The molecule has 25 heavy (non-hydrogen) atoms. The summed E-state index contributed by atoms with van der Waals surface area (Å²) in [6.07, 6.45) is 3.34. The van der Waals surface area contributed by atoms with Crippen molar-refractivity contribution in [2.45, 2.75) is 26.9 Å². The van der Waals surface area contributed by atoms with Crippen molar-refractivity contribution in [2.24, 2.45) is 0 Å². The van der Waals surface area contributed by atoms with Crippen molar-refractivity contribution in [3.05, 3.63) is 63.9 Å². The summed E-state index contributed by atoms with van der Waals surface area (Å²) in [6.45, 7) is 4.07. The lowest BCUT2D eigenvalue weighted by molar-refractivity contribution is -0.116. The Morgan fingerprint density at radius 3 is 2.76 bits per heavy atom. The Morgan fingerprint density at radius 2 is 2.08 bits per heavy atom. The first-order valence-corrected chi connectivity index (χ1v) is 8.48. The van der Waals surface area contributed by atoms with E-state index >= 15 is 0 Å². The minimum Gasteiger partial charge on any atom is -0.321 e. The number of aromatic nitrogens is 4. The first kappa shape index (κ1) is 17.3. The Bertz CT molecular complexity index is 918. The van der Waals surface area contributed by atoms with Crippen LogP contribution in [0.15, 0.2) is 41.1 Å². The van der Waals surface area contributed by atoms with Crippen molar-refractivity contribution in [2.75, 3.05) is 5.32 Å². The Kier molecular flexibility index (Phi) is 4.98. The number of carbonyl (C=O) groups excluding carboxylic acids is 1.